The molecule has 1 aromatic carbocycles. The van der Waals surface area contributed by atoms with E-state index in [9.17, 15) is 17.6 Å². The number of hydrogen-bond donors (Lipinski definition) is 1. The number of benzene rings is 1. The maximum absolute atomic E-state index is 13.8. The van der Waals surface area contributed by atoms with Gasteiger partial charge in [-0.25, -0.2) is 17.8 Å². The second kappa shape index (κ2) is 8.35. The Morgan fingerprint density at radius 1 is 1.32 bits per heavy atom. The van der Waals surface area contributed by atoms with E-state index in [1.54, 1.807) is 22.9 Å². The van der Waals surface area contributed by atoms with E-state index >= 15 is 0 Å². The van der Waals surface area contributed by atoms with Gasteiger partial charge in [-0.15, -0.1) is 22.7 Å². The van der Waals surface area contributed by atoms with E-state index in [1.807, 2.05) is 0 Å². The molecular formula is C17H16FN3O4S3. The summed E-state index contributed by atoms with van der Waals surface area (Å²) < 4.78 is 44.6. The highest BCUT2D eigenvalue weighted by Gasteiger charge is 2.24. The SMILES string of the molecule is COc1ccc(-c2csc(NC(=O)CN(C)S(=O)(=O)c3cccs3)n2)cc1F. The summed E-state index contributed by atoms with van der Waals surface area (Å²) in [4.78, 5) is 16.4. The number of nitrogens with zero attached hydrogens (tertiary/aromatic N) is 2. The molecule has 0 unspecified atom stereocenters. The van der Waals surface area contributed by atoms with Crippen molar-refractivity contribution < 1.29 is 22.3 Å². The van der Waals surface area contributed by atoms with Crippen molar-refractivity contribution in [2.75, 3.05) is 26.0 Å². The number of thiophene rings is 1. The number of rotatable bonds is 7. The minimum atomic E-state index is -3.71. The lowest BCUT2D eigenvalue weighted by Gasteiger charge is -2.15. The summed E-state index contributed by atoms with van der Waals surface area (Å²) in [6.45, 7) is -0.355. The number of thiazole rings is 1. The first-order chi connectivity index (χ1) is 13.3. The van der Waals surface area contributed by atoms with E-state index in [-0.39, 0.29) is 21.6 Å². The number of carbonyl (C=O) groups excluding carboxylic acids is 1. The van der Waals surface area contributed by atoms with E-state index in [0.29, 0.717) is 11.3 Å². The number of methoxy groups -OCH3 is 1. The van der Waals surface area contributed by atoms with Crippen LogP contribution in [0.25, 0.3) is 11.3 Å². The molecule has 0 bridgehead atoms. The van der Waals surface area contributed by atoms with E-state index in [2.05, 4.69) is 10.3 Å². The standard InChI is InChI=1S/C17H16FN3O4S3/c1-21(28(23,24)16-4-3-7-26-16)9-15(22)20-17-19-13(10-27-17)11-5-6-14(25-2)12(18)8-11/h3-8,10H,9H2,1-2H3,(H,19,20,22). The quantitative estimate of drug-likeness (QED) is 0.608. The van der Waals surface area contributed by atoms with E-state index in [1.165, 1.54) is 32.4 Å². The summed E-state index contributed by atoms with van der Waals surface area (Å²) in [7, 11) is -0.997. The van der Waals surface area contributed by atoms with Crippen molar-refractivity contribution in [3.05, 3.63) is 46.9 Å². The van der Waals surface area contributed by atoms with Gasteiger partial charge in [0.2, 0.25) is 5.91 Å². The van der Waals surface area contributed by atoms with Gasteiger partial charge in [-0.05, 0) is 29.6 Å². The molecule has 148 valence electrons. The number of amides is 1. The first kappa shape index (κ1) is 20.4. The first-order valence-corrected chi connectivity index (χ1v) is 11.1. The summed E-state index contributed by atoms with van der Waals surface area (Å²) >= 11 is 2.24. The highest BCUT2D eigenvalue weighted by atomic mass is 32.2. The van der Waals surface area contributed by atoms with E-state index in [0.717, 1.165) is 27.0 Å². The third-order valence-electron chi connectivity index (χ3n) is 3.72. The number of halogens is 1. The normalized spacial score (nSPS) is 11.6. The molecule has 0 saturated carbocycles. The Morgan fingerprint density at radius 2 is 2.11 bits per heavy atom. The lowest BCUT2D eigenvalue weighted by molar-refractivity contribution is -0.116. The second-order valence-corrected chi connectivity index (χ2v) is 9.71. The van der Waals surface area contributed by atoms with Crippen LogP contribution in [0.1, 0.15) is 0 Å². The summed E-state index contributed by atoms with van der Waals surface area (Å²) in [5.41, 5.74) is 1.02. The molecule has 0 atom stereocenters. The Labute approximate surface area is 169 Å². The Morgan fingerprint density at radius 3 is 2.75 bits per heavy atom. The number of carbonyl (C=O) groups is 1. The first-order valence-electron chi connectivity index (χ1n) is 7.90. The molecule has 0 radical (unpaired) electrons. The Bertz CT molecular complexity index is 1080. The molecule has 0 fully saturated rings. The van der Waals surface area contributed by atoms with Crippen LogP contribution < -0.4 is 10.1 Å². The van der Waals surface area contributed by atoms with Gasteiger partial charge in [-0.3, -0.25) is 4.79 Å². The summed E-state index contributed by atoms with van der Waals surface area (Å²) in [5, 5.41) is 6.18. The zero-order valence-electron chi connectivity index (χ0n) is 14.9. The van der Waals surface area contributed by atoms with Crippen LogP contribution in [0.3, 0.4) is 0 Å². The van der Waals surface area contributed by atoms with Crippen LogP contribution in [-0.4, -0.2) is 44.3 Å². The number of sulfonamides is 1. The van der Waals surface area contributed by atoms with Gasteiger partial charge in [0, 0.05) is 18.0 Å². The molecule has 0 aliphatic heterocycles. The largest absolute Gasteiger partial charge is 0.494 e. The van der Waals surface area contributed by atoms with Crippen LogP contribution >= 0.6 is 22.7 Å². The van der Waals surface area contributed by atoms with Crippen LogP contribution in [0, 0.1) is 5.82 Å². The number of nitrogens with one attached hydrogen (secondary N) is 1. The topological polar surface area (TPSA) is 88.6 Å². The van der Waals surface area contributed by atoms with Gasteiger partial charge in [-0.2, -0.15) is 4.31 Å². The monoisotopic (exact) mass is 441 g/mol. The third kappa shape index (κ3) is 4.38. The van der Waals surface area contributed by atoms with Crippen molar-refractivity contribution in [2.24, 2.45) is 0 Å². The van der Waals surface area contributed by atoms with Crippen LogP contribution in [0.4, 0.5) is 9.52 Å². The highest BCUT2D eigenvalue weighted by molar-refractivity contribution is 7.91. The highest BCUT2D eigenvalue weighted by Crippen LogP contribution is 2.28. The molecule has 11 heteroatoms. The van der Waals surface area contributed by atoms with Crippen LogP contribution in [0.15, 0.2) is 45.3 Å². The molecule has 0 spiro atoms. The molecule has 3 aromatic rings. The van der Waals surface area contributed by atoms with Crippen molar-refractivity contribution >= 4 is 43.7 Å². The molecule has 28 heavy (non-hydrogen) atoms. The smallest absolute Gasteiger partial charge is 0.252 e. The molecule has 2 heterocycles. The maximum Gasteiger partial charge on any atom is 0.252 e. The van der Waals surface area contributed by atoms with Crippen LogP contribution in [0.2, 0.25) is 0 Å². The average molecular weight is 442 g/mol. The van der Waals surface area contributed by atoms with Crippen molar-refractivity contribution in [3.8, 4) is 17.0 Å². The van der Waals surface area contributed by atoms with Gasteiger partial charge in [0.25, 0.3) is 10.0 Å². The molecule has 3 rings (SSSR count). The number of anilines is 1. The third-order valence-corrected chi connectivity index (χ3v) is 7.66. The predicted octanol–water partition coefficient (Wildman–Crippen LogP) is 3.28. The fraction of sp³-hybridized carbons (Fsp3) is 0.176. The van der Waals surface area contributed by atoms with Crippen molar-refractivity contribution in [3.63, 3.8) is 0 Å². The van der Waals surface area contributed by atoms with Crippen molar-refractivity contribution in [1.29, 1.82) is 0 Å². The Balaban J connectivity index is 1.66. The van der Waals surface area contributed by atoms with Gasteiger partial charge in [0.05, 0.1) is 19.3 Å². The van der Waals surface area contributed by atoms with Gasteiger partial charge in [0.15, 0.2) is 16.7 Å². The fourth-order valence-corrected chi connectivity index (χ4v) is 5.36. The maximum atomic E-state index is 13.8. The minimum absolute atomic E-state index is 0.127. The molecular weight excluding hydrogens is 425 g/mol. The zero-order chi connectivity index (χ0) is 20.3. The number of likely N-dealkylation sites (N-methyl/N-ethyl adjacent to an activating group) is 1. The minimum Gasteiger partial charge on any atom is -0.494 e. The summed E-state index contributed by atoms with van der Waals surface area (Å²) in [5.74, 6) is -0.911. The molecule has 0 aliphatic rings. The van der Waals surface area contributed by atoms with E-state index < -0.39 is 21.7 Å². The molecule has 2 aromatic heterocycles. The predicted molar refractivity (Wildman–Crippen MR) is 107 cm³/mol. The number of ether oxygens (including phenoxy) is 1. The molecule has 1 N–H and O–H groups in total. The lowest BCUT2D eigenvalue weighted by atomic mass is 10.1. The van der Waals surface area contributed by atoms with Crippen molar-refractivity contribution in [1.82, 2.24) is 9.29 Å². The van der Waals surface area contributed by atoms with Gasteiger partial charge in [0.1, 0.15) is 4.21 Å². The lowest BCUT2D eigenvalue weighted by Crippen LogP contribution is -2.34. The van der Waals surface area contributed by atoms with Crippen LogP contribution in [0.5, 0.6) is 5.75 Å². The number of hydrogen-bond acceptors (Lipinski definition) is 7. The van der Waals surface area contributed by atoms with Crippen molar-refractivity contribution in [2.45, 2.75) is 4.21 Å². The van der Waals surface area contributed by atoms with Gasteiger partial charge in [-0.1, -0.05) is 6.07 Å². The molecule has 1 amide bonds. The summed E-state index contributed by atoms with van der Waals surface area (Å²) in [6.07, 6.45) is 0. The van der Waals surface area contributed by atoms with Gasteiger partial charge < -0.3 is 10.1 Å². The fourth-order valence-electron chi connectivity index (χ4n) is 2.30. The molecule has 0 aliphatic carbocycles. The van der Waals surface area contributed by atoms with Gasteiger partial charge >= 0.3 is 0 Å². The second-order valence-electron chi connectivity index (χ2n) is 5.63. The van der Waals surface area contributed by atoms with E-state index in [4.69, 9.17) is 4.74 Å². The van der Waals surface area contributed by atoms with Crippen LogP contribution in [-0.2, 0) is 14.8 Å². The summed E-state index contributed by atoms with van der Waals surface area (Å²) in [6, 6.07) is 7.55. The average Bonchev–Trinajstić information content (AvgIpc) is 3.33. The number of aromatic nitrogens is 1. The Kier molecular flexibility index (Phi) is 6.08. The molecule has 0 saturated heterocycles. The Hall–Kier alpha value is -2.34. The zero-order valence-corrected chi connectivity index (χ0v) is 17.3. The molecule has 7 nitrogen and oxygen atoms in total.